The second-order valence-corrected chi connectivity index (χ2v) is 5.87. The zero-order valence-corrected chi connectivity index (χ0v) is 12.9. The molecule has 0 saturated heterocycles. The molecule has 0 aromatic heterocycles. The molecule has 0 bridgehead atoms. The Kier molecular flexibility index (Phi) is 5.48. The normalized spacial score (nSPS) is 21.8. The van der Waals surface area contributed by atoms with E-state index < -0.39 is 5.97 Å². The highest BCUT2D eigenvalue weighted by Crippen LogP contribution is 2.31. The Bertz CT molecular complexity index is 479. The fraction of sp³-hybridized carbons (Fsp3) is 0.588. The van der Waals surface area contributed by atoms with Crippen LogP contribution in [0.5, 0.6) is 5.75 Å². The highest BCUT2D eigenvalue weighted by molar-refractivity contribution is 5.94. The van der Waals surface area contributed by atoms with Crippen molar-refractivity contribution < 1.29 is 14.6 Å². The Labute approximate surface area is 126 Å². The Morgan fingerprint density at radius 3 is 2.62 bits per heavy atom. The molecule has 0 amide bonds. The number of nitrogens with one attached hydrogen (secondary N) is 1. The lowest BCUT2D eigenvalue weighted by Gasteiger charge is -2.30. The zero-order valence-electron chi connectivity index (χ0n) is 12.9. The van der Waals surface area contributed by atoms with Gasteiger partial charge in [-0.3, -0.25) is 0 Å². The van der Waals surface area contributed by atoms with Gasteiger partial charge in [-0.25, -0.2) is 4.79 Å². The van der Waals surface area contributed by atoms with E-state index in [1.165, 1.54) is 25.7 Å². The number of anilines is 1. The number of benzene rings is 1. The van der Waals surface area contributed by atoms with Crippen LogP contribution in [0, 0.1) is 5.92 Å². The van der Waals surface area contributed by atoms with Crippen LogP contribution in [-0.2, 0) is 0 Å². The van der Waals surface area contributed by atoms with Crippen molar-refractivity contribution in [2.75, 3.05) is 12.4 Å². The van der Waals surface area contributed by atoms with Gasteiger partial charge in [0, 0.05) is 12.1 Å². The Morgan fingerprint density at radius 2 is 2.05 bits per heavy atom. The molecule has 0 spiro atoms. The molecule has 1 aliphatic carbocycles. The highest BCUT2D eigenvalue weighted by Gasteiger charge is 2.22. The molecule has 1 aromatic carbocycles. The number of carbonyl (C=O) groups is 1. The number of aromatic carboxylic acids is 1. The summed E-state index contributed by atoms with van der Waals surface area (Å²) in [5, 5.41) is 12.7. The van der Waals surface area contributed by atoms with E-state index in [-0.39, 0.29) is 0 Å². The first kappa shape index (κ1) is 15.7. The van der Waals surface area contributed by atoms with Gasteiger partial charge in [-0.1, -0.05) is 19.8 Å². The molecule has 21 heavy (non-hydrogen) atoms. The maximum atomic E-state index is 11.3. The number of hydrogen-bond donors (Lipinski definition) is 2. The van der Waals surface area contributed by atoms with E-state index in [1.54, 1.807) is 25.3 Å². The summed E-state index contributed by atoms with van der Waals surface area (Å²) in [6.07, 6.45) is 7.26. The molecule has 0 atom stereocenters. The topological polar surface area (TPSA) is 58.6 Å². The first-order valence-electron chi connectivity index (χ1n) is 7.82. The van der Waals surface area contributed by atoms with E-state index in [4.69, 9.17) is 4.74 Å². The lowest BCUT2D eigenvalue weighted by Crippen LogP contribution is -2.27. The summed E-state index contributed by atoms with van der Waals surface area (Å²) in [4.78, 5) is 11.3. The van der Waals surface area contributed by atoms with Gasteiger partial charge in [0.1, 0.15) is 5.75 Å². The SMILES string of the molecule is CCCC1CCC(Nc2cc(OC)ccc2C(=O)O)CC1. The van der Waals surface area contributed by atoms with Gasteiger partial charge in [0.2, 0.25) is 0 Å². The van der Waals surface area contributed by atoms with Gasteiger partial charge in [0.25, 0.3) is 0 Å². The molecular weight excluding hydrogens is 266 g/mol. The monoisotopic (exact) mass is 291 g/mol. The summed E-state index contributed by atoms with van der Waals surface area (Å²) >= 11 is 0. The first-order chi connectivity index (χ1) is 10.1. The maximum absolute atomic E-state index is 11.3. The summed E-state index contributed by atoms with van der Waals surface area (Å²) in [6, 6.07) is 5.43. The van der Waals surface area contributed by atoms with Crippen molar-refractivity contribution in [1.82, 2.24) is 0 Å². The van der Waals surface area contributed by atoms with Gasteiger partial charge in [-0.2, -0.15) is 0 Å². The van der Waals surface area contributed by atoms with Crippen LogP contribution in [0.3, 0.4) is 0 Å². The molecule has 1 fully saturated rings. The second kappa shape index (κ2) is 7.34. The lowest BCUT2D eigenvalue weighted by atomic mass is 9.83. The van der Waals surface area contributed by atoms with E-state index in [1.807, 2.05) is 0 Å². The van der Waals surface area contributed by atoms with Crippen LogP contribution in [0.1, 0.15) is 55.8 Å². The van der Waals surface area contributed by atoms with E-state index in [9.17, 15) is 9.90 Å². The second-order valence-electron chi connectivity index (χ2n) is 5.87. The van der Waals surface area contributed by atoms with Crippen molar-refractivity contribution in [2.45, 2.75) is 51.5 Å². The first-order valence-corrected chi connectivity index (χ1v) is 7.82. The molecular formula is C17H25NO3. The highest BCUT2D eigenvalue weighted by atomic mass is 16.5. The van der Waals surface area contributed by atoms with Crippen LogP contribution in [0.4, 0.5) is 5.69 Å². The molecule has 1 aliphatic rings. The summed E-state index contributed by atoms with van der Waals surface area (Å²) < 4.78 is 5.19. The standard InChI is InChI=1S/C17H25NO3/c1-3-4-12-5-7-13(8-6-12)18-16-11-14(21-2)9-10-15(16)17(19)20/h9-13,18H,3-8H2,1-2H3,(H,19,20). The van der Waals surface area contributed by atoms with Crippen LogP contribution in [0.2, 0.25) is 0 Å². The van der Waals surface area contributed by atoms with Gasteiger partial charge in [0.15, 0.2) is 0 Å². The molecule has 2 N–H and O–H groups in total. The minimum atomic E-state index is -0.903. The summed E-state index contributed by atoms with van der Waals surface area (Å²) in [7, 11) is 1.59. The third-order valence-corrected chi connectivity index (χ3v) is 4.36. The number of carboxylic acid groups (broad SMARTS) is 1. The van der Waals surface area contributed by atoms with Gasteiger partial charge in [-0.15, -0.1) is 0 Å². The Balaban J connectivity index is 2.03. The predicted molar refractivity (Wildman–Crippen MR) is 84.2 cm³/mol. The van der Waals surface area contributed by atoms with Gasteiger partial charge < -0.3 is 15.2 Å². The van der Waals surface area contributed by atoms with Gasteiger partial charge in [-0.05, 0) is 43.7 Å². The number of hydrogen-bond acceptors (Lipinski definition) is 3. The Hall–Kier alpha value is -1.71. The van der Waals surface area contributed by atoms with Crippen molar-refractivity contribution >= 4 is 11.7 Å². The van der Waals surface area contributed by atoms with Crippen LogP contribution in [0.25, 0.3) is 0 Å². The van der Waals surface area contributed by atoms with Crippen molar-refractivity contribution in [3.05, 3.63) is 23.8 Å². The number of carboxylic acids is 1. The van der Waals surface area contributed by atoms with Gasteiger partial charge >= 0.3 is 5.97 Å². The number of rotatable bonds is 6. The fourth-order valence-electron chi connectivity index (χ4n) is 3.18. The average Bonchev–Trinajstić information content (AvgIpc) is 2.49. The van der Waals surface area contributed by atoms with Crippen LogP contribution in [0.15, 0.2) is 18.2 Å². The molecule has 1 saturated carbocycles. The molecule has 2 rings (SSSR count). The largest absolute Gasteiger partial charge is 0.497 e. The van der Waals surface area contributed by atoms with Gasteiger partial charge in [0.05, 0.1) is 18.4 Å². The van der Waals surface area contributed by atoms with Crippen molar-refractivity contribution in [2.24, 2.45) is 5.92 Å². The smallest absolute Gasteiger partial charge is 0.337 e. The molecule has 0 unspecified atom stereocenters. The third kappa shape index (κ3) is 4.13. The summed E-state index contributed by atoms with van der Waals surface area (Å²) in [6.45, 7) is 2.24. The quantitative estimate of drug-likeness (QED) is 0.826. The molecule has 0 radical (unpaired) electrons. The summed E-state index contributed by atoms with van der Waals surface area (Å²) in [5.74, 6) is 0.624. The van der Waals surface area contributed by atoms with Crippen molar-refractivity contribution in [1.29, 1.82) is 0 Å². The Morgan fingerprint density at radius 1 is 1.33 bits per heavy atom. The van der Waals surface area contributed by atoms with Crippen molar-refractivity contribution in [3.63, 3.8) is 0 Å². The van der Waals surface area contributed by atoms with E-state index in [0.29, 0.717) is 23.0 Å². The van der Waals surface area contributed by atoms with E-state index in [0.717, 1.165) is 18.8 Å². The number of methoxy groups -OCH3 is 1. The molecule has 116 valence electrons. The molecule has 0 aliphatic heterocycles. The minimum Gasteiger partial charge on any atom is -0.497 e. The maximum Gasteiger partial charge on any atom is 0.337 e. The minimum absolute atomic E-state index is 0.312. The zero-order chi connectivity index (χ0) is 15.2. The van der Waals surface area contributed by atoms with Crippen molar-refractivity contribution in [3.8, 4) is 5.75 Å². The van der Waals surface area contributed by atoms with E-state index >= 15 is 0 Å². The van der Waals surface area contributed by atoms with Crippen LogP contribution in [-0.4, -0.2) is 24.2 Å². The molecule has 4 nitrogen and oxygen atoms in total. The predicted octanol–water partition coefficient (Wildman–Crippen LogP) is 4.16. The average molecular weight is 291 g/mol. The van der Waals surface area contributed by atoms with E-state index in [2.05, 4.69) is 12.2 Å². The lowest BCUT2D eigenvalue weighted by molar-refractivity contribution is 0.0698. The number of ether oxygens (including phenoxy) is 1. The fourth-order valence-corrected chi connectivity index (χ4v) is 3.18. The van der Waals surface area contributed by atoms with Crippen LogP contribution >= 0.6 is 0 Å². The molecule has 4 heteroatoms. The molecule has 0 heterocycles. The third-order valence-electron chi connectivity index (χ3n) is 4.36. The van der Waals surface area contributed by atoms with Crippen LogP contribution < -0.4 is 10.1 Å². The summed E-state index contributed by atoms with van der Waals surface area (Å²) in [5.41, 5.74) is 0.979. The molecule has 1 aromatic rings.